The Hall–Kier alpha value is -1.00. The molecule has 0 spiro atoms. The molecule has 0 bridgehead atoms. The smallest absolute Gasteiger partial charge is 0.115 e. The summed E-state index contributed by atoms with van der Waals surface area (Å²) in [5, 5.41) is 3.43. The highest BCUT2D eigenvalue weighted by molar-refractivity contribution is 5.01. The maximum atomic E-state index is 5.16. The zero-order chi connectivity index (χ0) is 11.1. The summed E-state index contributed by atoms with van der Waals surface area (Å²) in [6.45, 7) is 5.87. The molecule has 1 unspecified atom stereocenters. The van der Waals surface area contributed by atoms with E-state index in [1.54, 1.807) is 13.4 Å². The van der Waals surface area contributed by atoms with E-state index in [2.05, 4.69) is 29.1 Å². The molecule has 1 aromatic heterocycles. The van der Waals surface area contributed by atoms with Gasteiger partial charge in [0, 0.05) is 37.7 Å². The van der Waals surface area contributed by atoms with Gasteiger partial charge in [0.1, 0.15) is 6.33 Å². The van der Waals surface area contributed by atoms with Crippen molar-refractivity contribution in [1.29, 1.82) is 0 Å². The minimum atomic E-state index is 0.371. The minimum absolute atomic E-state index is 0.371. The first-order valence-electron chi connectivity index (χ1n) is 5.20. The number of nitrogens with one attached hydrogen (secondary N) is 1. The van der Waals surface area contributed by atoms with Crippen LogP contribution in [0.3, 0.4) is 0 Å². The van der Waals surface area contributed by atoms with Crippen LogP contribution in [0, 0.1) is 5.92 Å². The van der Waals surface area contributed by atoms with E-state index in [1.807, 2.05) is 12.4 Å². The Morgan fingerprint density at radius 3 is 2.53 bits per heavy atom. The summed E-state index contributed by atoms with van der Waals surface area (Å²) in [4.78, 5) is 7.94. The molecule has 0 radical (unpaired) electrons. The van der Waals surface area contributed by atoms with Gasteiger partial charge in [-0.05, 0) is 5.92 Å². The summed E-state index contributed by atoms with van der Waals surface area (Å²) < 4.78 is 5.16. The lowest BCUT2D eigenvalue weighted by molar-refractivity contribution is 0.146. The third-order valence-corrected chi connectivity index (χ3v) is 2.33. The highest BCUT2D eigenvalue weighted by Gasteiger charge is 2.11. The Kier molecular flexibility index (Phi) is 5.21. The molecule has 1 rings (SSSR count). The van der Waals surface area contributed by atoms with Gasteiger partial charge >= 0.3 is 0 Å². The van der Waals surface area contributed by atoms with Gasteiger partial charge in [0.05, 0.1) is 6.61 Å². The van der Waals surface area contributed by atoms with Crippen LogP contribution >= 0.6 is 0 Å². The van der Waals surface area contributed by atoms with Crippen LogP contribution in [0.15, 0.2) is 18.7 Å². The third-order valence-electron chi connectivity index (χ3n) is 2.33. The second-order valence-electron chi connectivity index (χ2n) is 3.93. The Bertz CT molecular complexity index is 264. The van der Waals surface area contributed by atoms with Gasteiger partial charge in [0.15, 0.2) is 0 Å². The highest BCUT2D eigenvalue weighted by atomic mass is 16.5. The molecule has 15 heavy (non-hydrogen) atoms. The fourth-order valence-electron chi connectivity index (χ4n) is 1.34. The highest BCUT2D eigenvalue weighted by Crippen LogP contribution is 2.03. The maximum absolute atomic E-state index is 5.16. The summed E-state index contributed by atoms with van der Waals surface area (Å²) in [7, 11) is 1.72. The lowest BCUT2D eigenvalue weighted by Gasteiger charge is -2.21. The predicted octanol–water partition coefficient (Wildman–Crippen LogP) is 1.24. The number of methoxy groups -OCH3 is 1. The first-order valence-corrected chi connectivity index (χ1v) is 5.20. The molecule has 0 saturated carbocycles. The van der Waals surface area contributed by atoms with E-state index in [9.17, 15) is 0 Å². The molecule has 4 nitrogen and oxygen atoms in total. The number of hydrogen-bond acceptors (Lipinski definition) is 4. The van der Waals surface area contributed by atoms with Crippen molar-refractivity contribution in [1.82, 2.24) is 15.3 Å². The van der Waals surface area contributed by atoms with Gasteiger partial charge < -0.3 is 10.1 Å². The van der Waals surface area contributed by atoms with Crippen molar-refractivity contribution < 1.29 is 4.74 Å². The van der Waals surface area contributed by atoms with Crippen molar-refractivity contribution in [3.63, 3.8) is 0 Å². The van der Waals surface area contributed by atoms with Crippen LogP contribution in [0.25, 0.3) is 0 Å². The lowest BCUT2D eigenvalue weighted by atomic mass is 10.1. The molecule has 1 heterocycles. The normalized spacial score (nSPS) is 13.1. The van der Waals surface area contributed by atoms with Gasteiger partial charge in [-0.1, -0.05) is 13.8 Å². The molecule has 0 amide bonds. The van der Waals surface area contributed by atoms with Gasteiger partial charge in [0.25, 0.3) is 0 Å². The van der Waals surface area contributed by atoms with Crippen molar-refractivity contribution >= 4 is 0 Å². The summed E-state index contributed by atoms with van der Waals surface area (Å²) in [6, 6.07) is 0.371. The van der Waals surface area contributed by atoms with Crippen LogP contribution in [0.1, 0.15) is 19.4 Å². The lowest BCUT2D eigenvalue weighted by Crippen LogP contribution is -2.37. The number of nitrogens with zero attached hydrogens (tertiary/aromatic N) is 2. The van der Waals surface area contributed by atoms with E-state index in [0.29, 0.717) is 12.0 Å². The summed E-state index contributed by atoms with van der Waals surface area (Å²) >= 11 is 0. The van der Waals surface area contributed by atoms with E-state index in [0.717, 1.165) is 18.7 Å². The van der Waals surface area contributed by atoms with E-state index in [4.69, 9.17) is 4.74 Å². The molecular weight excluding hydrogens is 190 g/mol. The summed E-state index contributed by atoms with van der Waals surface area (Å²) in [5.41, 5.74) is 1.10. The van der Waals surface area contributed by atoms with Crippen LogP contribution < -0.4 is 5.32 Å². The summed E-state index contributed by atoms with van der Waals surface area (Å²) in [6.07, 6.45) is 5.19. The Labute approximate surface area is 91.1 Å². The van der Waals surface area contributed by atoms with Crippen molar-refractivity contribution in [2.75, 3.05) is 13.7 Å². The average Bonchev–Trinajstić information content (AvgIpc) is 2.25. The number of hydrogen-bond donors (Lipinski definition) is 1. The summed E-state index contributed by atoms with van der Waals surface area (Å²) in [5.74, 6) is 0.551. The average molecular weight is 209 g/mol. The van der Waals surface area contributed by atoms with Gasteiger partial charge in [-0.25, -0.2) is 9.97 Å². The van der Waals surface area contributed by atoms with E-state index in [-0.39, 0.29) is 0 Å². The first-order chi connectivity index (χ1) is 7.24. The monoisotopic (exact) mass is 209 g/mol. The zero-order valence-corrected chi connectivity index (χ0v) is 9.60. The quantitative estimate of drug-likeness (QED) is 0.765. The molecule has 0 aliphatic rings. The van der Waals surface area contributed by atoms with Crippen LogP contribution in [-0.2, 0) is 11.3 Å². The fourth-order valence-corrected chi connectivity index (χ4v) is 1.34. The van der Waals surface area contributed by atoms with E-state index >= 15 is 0 Å². The fraction of sp³-hybridized carbons (Fsp3) is 0.636. The van der Waals surface area contributed by atoms with Crippen LogP contribution in [0.5, 0.6) is 0 Å². The number of ether oxygens (including phenoxy) is 1. The van der Waals surface area contributed by atoms with Gasteiger partial charge in [0.2, 0.25) is 0 Å². The second kappa shape index (κ2) is 6.48. The van der Waals surface area contributed by atoms with E-state index < -0.39 is 0 Å². The molecule has 1 aromatic rings. The van der Waals surface area contributed by atoms with Gasteiger partial charge in [-0.15, -0.1) is 0 Å². The predicted molar refractivity (Wildman–Crippen MR) is 59.4 cm³/mol. The molecule has 0 fully saturated rings. The third kappa shape index (κ3) is 4.36. The van der Waals surface area contributed by atoms with Crippen LogP contribution in [-0.4, -0.2) is 29.7 Å². The van der Waals surface area contributed by atoms with Crippen molar-refractivity contribution in [2.24, 2.45) is 5.92 Å². The molecule has 1 atom stereocenters. The van der Waals surface area contributed by atoms with Crippen molar-refractivity contribution in [3.05, 3.63) is 24.3 Å². The maximum Gasteiger partial charge on any atom is 0.115 e. The molecule has 0 aliphatic heterocycles. The Morgan fingerprint density at radius 2 is 2.00 bits per heavy atom. The largest absolute Gasteiger partial charge is 0.383 e. The molecular formula is C11H19N3O. The van der Waals surface area contributed by atoms with Gasteiger partial charge in [-0.3, -0.25) is 0 Å². The topological polar surface area (TPSA) is 47.0 Å². The van der Waals surface area contributed by atoms with Gasteiger partial charge in [-0.2, -0.15) is 0 Å². The Balaban J connectivity index is 2.40. The van der Waals surface area contributed by atoms with Crippen LogP contribution in [0.2, 0.25) is 0 Å². The molecule has 4 heteroatoms. The second-order valence-corrected chi connectivity index (χ2v) is 3.93. The molecule has 1 N–H and O–H groups in total. The van der Waals surface area contributed by atoms with Crippen molar-refractivity contribution in [2.45, 2.75) is 26.4 Å². The standard InChI is InChI=1S/C11H19N3O/c1-9(2)11(7-15-3)14-6-10-4-12-8-13-5-10/h4-5,8-9,11,14H,6-7H2,1-3H3. The number of rotatable bonds is 6. The Morgan fingerprint density at radius 1 is 1.33 bits per heavy atom. The molecule has 0 saturated heterocycles. The first kappa shape index (κ1) is 12.1. The van der Waals surface area contributed by atoms with E-state index in [1.165, 1.54) is 0 Å². The molecule has 84 valence electrons. The minimum Gasteiger partial charge on any atom is -0.383 e. The molecule has 0 aliphatic carbocycles. The van der Waals surface area contributed by atoms with Crippen LogP contribution in [0.4, 0.5) is 0 Å². The zero-order valence-electron chi connectivity index (χ0n) is 9.60. The molecule has 0 aromatic carbocycles. The SMILES string of the molecule is COCC(NCc1cncnc1)C(C)C. The number of aromatic nitrogens is 2. The van der Waals surface area contributed by atoms with Crippen molar-refractivity contribution in [3.8, 4) is 0 Å².